The molecule has 1 aromatic heterocycles. The van der Waals surface area contributed by atoms with E-state index in [1.165, 1.54) is 0 Å². The zero-order valence-corrected chi connectivity index (χ0v) is 14.9. The van der Waals surface area contributed by atoms with Gasteiger partial charge in [0.15, 0.2) is 5.69 Å². The number of aromatic hydroxyl groups is 1. The van der Waals surface area contributed by atoms with E-state index in [0.29, 0.717) is 17.6 Å². The Labute approximate surface area is 161 Å². The average molecular weight is 371 g/mol. The fourth-order valence-corrected chi connectivity index (χ4v) is 2.79. The van der Waals surface area contributed by atoms with E-state index < -0.39 is 5.91 Å². The fourth-order valence-electron chi connectivity index (χ4n) is 2.79. The minimum atomic E-state index is -0.486. The van der Waals surface area contributed by atoms with Crippen molar-refractivity contribution < 1.29 is 14.6 Å². The second-order valence-corrected chi connectivity index (χ2v) is 6.17. The molecule has 0 radical (unpaired) electrons. The van der Waals surface area contributed by atoms with E-state index in [2.05, 4.69) is 15.2 Å². The number of aromatic amines is 1. The zero-order chi connectivity index (χ0) is 19.3. The molecule has 6 nitrogen and oxygen atoms in total. The molecule has 3 aromatic carbocycles. The quantitative estimate of drug-likeness (QED) is 0.462. The number of hydrogen-bond donors (Lipinski definition) is 2. The number of aromatic nitrogens is 1. The molecule has 0 aliphatic carbocycles. The normalized spacial score (nSPS) is 11.1. The molecule has 2 N–H and O–H groups in total. The summed E-state index contributed by atoms with van der Waals surface area (Å²) in [6.45, 7) is 0.406. The fraction of sp³-hybridized carbons (Fsp3) is 0.0455. The van der Waals surface area contributed by atoms with Crippen molar-refractivity contribution >= 4 is 22.5 Å². The summed E-state index contributed by atoms with van der Waals surface area (Å²) in [6.07, 6.45) is 0. The Morgan fingerprint density at radius 3 is 2.43 bits per heavy atom. The molecular weight excluding hydrogens is 354 g/mol. The van der Waals surface area contributed by atoms with Crippen LogP contribution in [0.25, 0.3) is 10.9 Å². The molecule has 0 unspecified atom stereocenters. The smallest absolute Gasteiger partial charge is 0.295 e. The maximum Gasteiger partial charge on any atom is 0.295 e. The van der Waals surface area contributed by atoms with Crippen molar-refractivity contribution in [1.82, 2.24) is 4.98 Å². The van der Waals surface area contributed by atoms with Gasteiger partial charge in [-0.2, -0.15) is 0 Å². The van der Waals surface area contributed by atoms with E-state index in [4.69, 9.17) is 4.74 Å². The third kappa shape index (κ3) is 3.76. The first-order valence-corrected chi connectivity index (χ1v) is 8.73. The van der Waals surface area contributed by atoms with Crippen molar-refractivity contribution in [2.75, 3.05) is 0 Å². The summed E-state index contributed by atoms with van der Waals surface area (Å²) < 4.78 is 5.68. The Balaban J connectivity index is 1.44. The molecule has 1 amide bonds. The van der Waals surface area contributed by atoms with Gasteiger partial charge in [-0.05, 0) is 35.9 Å². The average Bonchev–Trinajstić information content (AvgIpc) is 3.06. The standard InChI is InChI=1S/C22H17N3O3/c26-21(25-24-20-18-8-4-5-9-19(18)23-22(20)27)16-12-10-15(11-13-16)14-28-17-6-2-1-3-7-17/h1-13,23,27H,14H2. The number of nitrogens with one attached hydrogen (secondary N) is 1. The number of azo groups is 1. The number of benzene rings is 3. The first kappa shape index (κ1) is 17.5. The lowest BCUT2D eigenvalue weighted by Gasteiger charge is -2.06. The zero-order valence-electron chi connectivity index (χ0n) is 14.9. The molecule has 0 fully saturated rings. The SMILES string of the molecule is O=C(N=Nc1c(O)[nH]c2ccccc12)c1ccc(COc2ccccc2)cc1. The Hall–Kier alpha value is -3.93. The molecule has 0 bridgehead atoms. The van der Waals surface area contributed by atoms with Crippen molar-refractivity contribution in [2.45, 2.75) is 6.61 Å². The van der Waals surface area contributed by atoms with E-state index in [1.54, 1.807) is 18.2 Å². The molecule has 28 heavy (non-hydrogen) atoms. The van der Waals surface area contributed by atoms with Gasteiger partial charge in [-0.3, -0.25) is 4.79 Å². The third-order valence-corrected chi connectivity index (χ3v) is 4.25. The van der Waals surface area contributed by atoms with Crippen molar-refractivity contribution in [3.8, 4) is 11.6 Å². The first-order valence-electron chi connectivity index (χ1n) is 8.73. The summed E-state index contributed by atoms with van der Waals surface area (Å²) in [5.41, 5.74) is 2.32. The van der Waals surface area contributed by atoms with Gasteiger partial charge in [0.1, 0.15) is 12.4 Å². The van der Waals surface area contributed by atoms with Crippen molar-refractivity contribution in [3.63, 3.8) is 0 Å². The van der Waals surface area contributed by atoms with Gasteiger partial charge in [0.25, 0.3) is 5.91 Å². The van der Waals surface area contributed by atoms with Crippen LogP contribution in [0.15, 0.2) is 89.1 Å². The monoisotopic (exact) mass is 371 g/mol. The Kier molecular flexibility index (Phi) is 4.84. The van der Waals surface area contributed by atoms with Crippen LogP contribution in [0, 0.1) is 0 Å². The lowest BCUT2D eigenvalue weighted by atomic mass is 10.1. The van der Waals surface area contributed by atoms with Gasteiger partial charge < -0.3 is 14.8 Å². The molecular formula is C22H17N3O3. The summed E-state index contributed by atoms with van der Waals surface area (Å²) in [6, 6.07) is 23.8. The second-order valence-electron chi connectivity index (χ2n) is 6.17. The Bertz CT molecular complexity index is 1130. The maximum atomic E-state index is 12.3. The van der Waals surface area contributed by atoms with Crippen LogP contribution in [-0.4, -0.2) is 16.0 Å². The number of fused-ring (bicyclic) bond motifs is 1. The molecule has 4 aromatic rings. The number of nitrogens with zero attached hydrogens (tertiary/aromatic N) is 2. The predicted octanol–water partition coefficient (Wildman–Crippen LogP) is 5.38. The highest BCUT2D eigenvalue weighted by atomic mass is 16.5. The molecule has 1 heterocycles. The van der Waals surface area contributed by atoms with Gasteiger partial charge in [0.2, 0.25) is 5.88 Å². The van der Waals surface area contributed by atoms with Gasteiger partial charge in [-0.1, -0.05) is 48.5 Å². The van der Waals surface area contributed by atoms with E-state index in [1.807, 2.05) is 60.7 Å². The summed E-state index contributed by atoms with van der Waals surface area (Å²) >= 11 is 0. The number of ether oxygens (including phenoxy) is 1. The van der Waals surface area contributed by atoms with Crippen molar-refractivity contribution in [3.05, 3.63) is 90.0 Å². The van der Waals surface area contributed by atoms with Gasteiger partial charge in [-0.15, -0.1) is 10.2 Å². The highest BCUT2D eigenvalue weighted by Crippen LogP contribution is 2.35. The minimum Gasteiger partial charge on any atom is -0.493 e. The molecule has 4 rings (SSSR count). The molecule has 0 aliphatic rings. The molecule has 0 saturated heterocycles. The largest absolute Gasteiger partial charge is 0.493 e. The second kappa shape index (κ2) is 7.75. The molecule has 6 heteroatoms. The van der Waals surface area contributed by atoms with E-state index in [-0.39, 0.29) is 11.6 Å². The van der Waals surface area contributed by atoms with Gasteiger partial charge in [0.05, 0.1) is 5.52 Å². The van der Waals surface area contributed by atoms with Crippen LogP contribution in [0.4, 0.5) is 5.69 Å². The number of rotatable bonds is 5. The molecule has 0 aliphatic heterocycles. The number of carbonyl (C=O) groups excluding carboxylic acids is 1. The molecule has 0 atom stereocenters. The van der Waals surface area contributed by atoms with E-state index in [0.717, 1.165) is 16.8 Å². The van der Waals surface area contributed by atoms with Gasteiger partial charge in [-0.25, -0.2) is 0 Å². The van der Waals surface area contributed by atoms with E-state index in [9.17, 15) is 9.90 Å². The van der Waals surface area contributed by atoms with Crippen molar-refractivity contribution in [2.24, 2.45) is 10.2 Å². The van der Waals surface area contributed by atoms with Crippen LogP contribution >= 0.6 is 0 Å². The lowest BCUT2D eigenvalue weighted by Crippen LogP contribution is -1.98. The van der Waals surface area contributed by atoms with E-state index >= 15 is 0 Å². The highest BCUT2D eigenvalue weighted by Gasteiger charge is 2.11. The minimum absolute atomic E-state index is 0.119. The predicted molar refractivity (Wildman–Crippen MR) is 106 cm³/mol. The van der Waals surface area contributed by atoms with Gasteiger partial charge >= 0.3 is 0 Å². The highest BCUT2D eigenvalue weighted by molar-refractivity contribution is 5.96. The number of para-hydroxylation sites is 2. The molecule has 0 saturated carbocycles. The third-order valence-electron chi connectivity index (χ3n) is 4.25. The van der Waals surface area contributed by atoms with Crippen LogP contribution in [0.3, 0.4) is 0 Å². The van der Waals surface area contributed by atoms with Crippen LogP contribution in [0.2, 0.25) is 0 Å². The summed E-state index contributed by atoms with van der Waals surface area (Å²) in [5.74, 6) is 0.182. The number of H-pyrrole nitrogens is 1. The molecule has 138 valence electrons. The lowest BCUT2D eigenvalue weighted by molar-refractivity contribution is 0.0995. The van der Waals surface area contributed by atoms with Crippen molar-refractivity contribution in [1.29, 1.82) is 0 Å². The molecule has 0 spiro atoms. The summed E-state index contributed by atoms with van der Waals surface area (Å²) in [7, 11) is 0. The van der Waals surface area contributed by atoms with Crippen LogP contribution in [0.1, 0.15) is 15.9 Å². The number of hydrogen-bond acceptors (Lipinski definition) is 4. The van der Waals surface area contributed by atoms with Crippen LogP contribution in [0.5, 0.6) is 11.6 Å². The van der Waals surface area contributed by atoms with Crippen LogP contribution < -0.4 is 4.74 Å². The Morgan fingerprint density at radius 1 is 0.929 bits per heavy atom. The first-order chi connectivity index (χ1) is 13.7. The van der Waals surface area contributed by atoms with Crippen LogP contribution in [-0.2, 0) is 6.61 Å². The maximum absolute atomic E-state index is 12.3. The summed E-state index contributed by atoms with van der Waals surface area (Å²) in [4.78, 5) is 15.1. The summed E-state index contributed by atoms with van der Waals surface area (Å²) in [5, 5.41) is 18.4. The number of carbonyl (C=O) groups is 1. The van der Waals surface area contributed by atoms with Gasteiger partial charge in [0, 0.05) is 10.9 Å². The topological polar surface area (TPSA) is 87.0 Å². The Morgan fingerprint density at radius 2 is 1.64 bits per heavy atom. The number of amides is 1.